The summed E-state index contributed by atoms with van der Waals surface area (Å²) in [6.07, 6.45) is 2.21. The average Bonchev–Trinajstić information content (AvgIpc) is 3.20. The first-order valence-electron chi connectivity index (χ1n) is 9.28. The van der Waals surface area contributed by atoms with Crippen LogP contribution in [0.2, 0.25) is 0 Å². The summed E-state index contributed by atoms with van der Waals surface area (Å²) in [5, 5.41) is 0. The van der Waals surface area contributed by atoms with E-state index in [1.165, 1.54) is 12.3 Å². The first kappa shape index (κ1) is 18.8. The number of benzene rings is 1. The SMILES string of the molecule is Cc1cc(Oc2ccccc2F)nc(C2CCN(C(=O)c3ccc(N)nc3)C2)n1. The molecule has 1 amide bonds. The molecule has 1 saturated heterocycles. The van der Waals surface area contributed by atoms with Gasteiger partial charge in [0.2, 0.25) is 5.88 Å². The third kappa shape index (κ3) is 4.16. The van der Waals surface area contributed by atoms with Crippen LogP contribution < -0.4 is 10.5 Å². The molecule has 0 saturated carbocycles. The lowest BCUT2D eigenvalue weighted by molar-refractivity contribution is 0.0790. The Balaban J connectivity index is 1.50. The number of nitrogen functional groups attached to an aromatic ring is 1. The summed E-state index contributed by atoms with van der Waals surface area (Å²) in [4.78, 5) is 27.4. The molecular weight excluding hydrogens is 373 g/mol. The minimum Gasteiger partial charge on any atom is -0.436 e. The molecule has 7 nitrogen and oxygen atoms in total. The molecule has 0 aliphatic carbocycles. The molecule has 1 aliphatic heterocycles. The zero-order valence-corrected chi connectivity index (χ0v) is 15.9. The van der Waals surface area contributed by atoms with Crippen LogP contribution in [0.5, 0.6) is 11.6 Å². The highest BCUT2D eigenvalue weighted by atomic mass is 19.1. The fraction of sp³-hybridized carbons (Fsp3) is 0.238. The van der Waals surface area contributed by atoms with Crippen molar-refractivity contribution in [3.05, 3.63) is 71.6 Å². The van der Waals surface area contributed by atoms with E-state index in [1.807, 2.05) is 6.92 Å². The van der Waals surface area contributed by atoms with E-state index in [-0.39, 0.29) is 23.5 Å². The monoisotopic (exact) mass is 393 g/mol. The van der Waals surface area contributed by atoms with Crippen molar-refractivity contribution in [2.24, 2.45) is 0 Å². The number of likely N-dealkylation sites (tertiary alicyclic amines) is 1. The number of anilines is 1. The maximum atomic E-state index is 13.9. The number of carbonyl (C=O) groups excluding carboxylic acids is 1. The highest BCUT2D eigenvalue weighted by Crippen LogP contribution is 2.29. The molecular formula is C21H20FN5O2. The molecule has 1 unspecified atom stereocenters. The van der Waals surface area contributed by atoms with Crippen LogP contribution in [-0.4, -0.2) is 38.8 Å². The predicted octanol–water partition coefficient (Wildman–Crippen LogP) is 3.32. The van der Waals surface area contributed by atoms with Crippen LogP contribution in [0.15, 0.2) is 48.7 Å². The lowest BCUT2D eigenvalue weighted by Gasteiger charge is -2.16. The molecule has 0 radical (unpaired) electrons. The molecule has 1 aromatic carbocycles. The maximum Gasteiger partial charge on any atom is 0.255 e. The molecule has 8 heteroatoms. The molecule has 0 spiro atoms. The highest BCUT2D eigenvalue weighted by Gasteiger charge is 2.30. The van der Waals surface area contributed by atoms with Crippen LogP contribution in [0.1, 0.15) is 34.2 Å². The summed E-state index contributed by atoms with van der Waals surface area (Å²) in [5.74, 6) is 0.762. The molecule has 29 heavy (non-hydrogen) atoms. The van der Waals surface area contributed by atoms with E-state index < -0.39 is 5.82 Å². The number of rotatable bonds is 4. The molecule has 2 N–H and O–H groups in total. The molecule has 3 heterocycles. The van der Waals surface area contributed by atoms with E-state index in [0.29, 0.717) is 36.0 Å². The Hall–Kier alpha value is -3.55. The fourth-order valence-electron chi connectivity index (χ4n) is 3.31. The van der Waals surface area contributed by atoms with Crippen LogP contribution >= 0.6 is 0 Å². The fourth-order valence-corrected chi connectivity index (χ4v) is 3.31. The van der Waals surface area contributed by atoms with Gasteiger partial charge in [0, 0.05) is 37.0 Å². The third-order valence-electron chi connectivity index (χ3n) is 4.77. The van der Waals surface area contributed by atoms with Crippen molar-refractivity contribution in [1.82, 2.24) is 19.9 Å². The van der Waals surface area contributed by atoms with Gasteiger partial charge < -0.3 is 15.4 Å². The van der Waals surface area contributed by atoms with Gasteiger partial charge in [0.05, 0.1) is 5.56 Å². The van der Waals surface area contributed by atoms with Crippen molar-refractivity contribution < 1.29 is 13.9 Å². The standard InChI is InChI=1S/C21H20FN5O2/c1-13-10-19(29-17-5-3-2-4-16(17)22)26-20(25-13)15-8-9-27(12-15)21(28)14-6-7-18(23)24-11-14/h2-7,10-11,15H,8-9,12H2,1H3,(H2,23,24). The van der Waals surface area contributed by atoms with Gasteiger partial charge in [-0.1, -0.05) is 12.1 Å². The van der Waals surface area contributed by atoms with Crippen molar-refractivity contribution in [3.8, 4) is 11.6 Å². The van der Waals surface area contributed by atoms with Gasteiger partial charge in [-0.2, -0.15) is 4.98 Å². The number of carbonyl (C=O) groups is 1. The lowest BCUT2D eigenvalue weighted by Crippen LogP contribution is -2.28. The van der Waals surface area contributed by atoms with Crippen LogP contribution in [0.4, 0.5) is 10.2 Å². The Bertz CT molecular complexity index is 1040. The van der Waals surface area contributed by atoms with Gasteiger partial charge >= 0.3 is 0 Å². The second-order valence-electron chi connectivity index (χ2n) is 6.95. The summed E-state index contributed by atoms with van der Waals surface area (Å²) in [5.41, 5.74) is 6.79. The van der Waals surface area contributed by atoms with Crippen LogP contribution in [0, 0.1) is 12.7 Å². The number of aromatic nitrogens is 3. The first-order chi connectivity index (χ1) is 14.0. The first-order valence-corrected chi connectivity index (χ1v) is 9.28. The minimum absolute atomic E-state index is 0.0245. The van der Waals surface area contributed by atoms with Gasteiger partial charge in [-0.3, -0.25) is 4.79 Å². The summed E-state index contributed by atoms with van der Waals surface area (Å²) in [7, 11) is 0. The third-order valence-corrected chi connectivity index (χ3v) is 4.77. The van der Waals surface area contributed by atoms with Gasteiger partial charge in [-0.05, 0) is 37.6 Å². The molecule has 148 valence electrons. The van der Waals surface area contributed by atoms with Gasteiger partial charge in [0.15, 0.2) is 11.6 Å². The summed E-state index contributed by atoms with van der Waals surface area (Å²) in [6.45, 7) is 2.91. The Morgan fingerprint density at radius 2 is 2.07 bits per heavy atom. The van der Waals surface area contributed by atoms with E-state index in [1.54, 1.807) is 41.3 Å². The summed E-state index contributed by atoms with van der Waals surface area (Å²) in [6, 6.07) is 11.1. The van der Waals surface area contributed by atoms with Crippen molar-refractivity contribution in [3.63, 3.8) is 0 Å². The Morgan fingerprint density at radius 3 is 2.83 bits per heavy atom. The summed E-state index contributed by atoms with van der Waals surface area (Å²) >= 11 is 0. The number of aryl methyl sites for hydroxylation is 1. The van der Waals surface area contributed by atoms with Gasteiger partial charge in [0.25, 0.3) is 5.91 Å². The van der Waals surface area contributed by atoms with Gasteiger partial charge in [0.1, 0.15) is 11.6 Å². The molecule has 1 fully saturated rings. The second-order valence-corrected chi connectivity index (χ2v) is 6.95. The minimum atomic E-state index is -0.458. The number of ether oxygens (including phenoxy) is 1. The Kier molecular flexibility index (Phi) is 5.07. The van der Waals surface area contributed by atoms with E-state index in [2.05, 4.69) is 15.0 Å². The lowest BCUT2D eigenvalue weighted by atomic mass is 10.1. The predicted molar refractivity (Wildman–Crippen MR) is 105 cm³/mol. The number of para-hydroxylation sites is 1. The van der Waals surface area contributed by atoms with Gasteiger partial charge in [-0.15, -0.1) is 0 Å². The normalized spacial score (nSPS) is 16.1. The van der Waals surface area contributed by atoms with Crippen LogP contribution in [0.25, 0.3) is 0 Å². The Morgan fingerprint density at radius 1 is 1.24 bits per heavy atom. The molecule has 2 aromatic heterocycles. The summed E-state index contributed by atoms with van der Waals surface area (Å²) < 4.78 is 19.5. The molecule has 0 bridgehead atoms. The van der Waals surface area contributed by atoms with Crippen molar-refractivity contribution >= 4 is 11.7 Å². The Labute approximate surface area is 167 Å². The number of halogens is 1. The highest BCUT2D eigenvalue weighted by molar-refractivity contribution is 5.94. The zero-order chi connectivity index (χ0) is 20.4. The number of hydrogen-bond acceptors (Lipinski definition) is 6. The molecule has 4 rings (SSSR count). The quantitative estimate of drug-likeness (QED) is 0.731. The van der Waals surface area contributed by atoms with Crippen molar-refractivity contribution in [2.45, 2.75) is 19.3 Å². The van der Waals surface area contributed by atoms with E-state index in [4.69, 9.17) is 10.5 Å². The largest absolute Gasteiger partial charge is 0.436 e. The number of nitrogens with two attached hydrogens (primary N) is 1. The number of pyridine rings is 1. The van der Waals surface area contributed by atoms with E-state index in [0.717, 1.165) is 6.42 Å². The van der Waals surface area contributed by atoms with E-state index in [9.17, 15) is 9.18 Å². The van der Waals surface area contributed by atoms with Gasteiger partial charge in [-0.25, -0.2) is 14.4 Å². The number of amides is 1. The maximum absolute atomic E-state index is 13.9. The second kappa shape index (κ2) is 7.83. The van der Waals surface area contributed by atoms with Crippen LogP contribution in [-0.2, 0) is 0 Å². The average molecular weight is 393 g/mol. The topological polar surface area (TPSA) is 94.2 Å². The van der Waals surface area contributed by atoms with Crippen LogP contribution in [0.3, 0.4) is 0 Å². The van der Waals surface area contributed by atoms with Crippen molar-refractivity contribution in [2.75, 3.05) is 18.8 Å². The molecule has 3 aromatic rings. The zero-order valence-electron chi connectivity index (χ0n) is 15.9. The molecule has 1 aliphatic rings. The smallest absolute Gasteiger partial charge is 0.255 e. The number of nitrogens with zero attached hydrogens (tertiary/aromatic N) is 4. The molecule has 1 atom stereocenters. The van der Waals surface area contributed by atoms with E-state index >= 15 is 0 Å². The number of hydrogen-bond donors (Lipinski definition) is 1. The van der Waals surface area contributed by atoms with Crippen molar-refractivity contribution in [1.29, 1.82) is 0 Å².